The molecule has 0 bridgehead atoms. The van der Waals surface area contributed by atoms with E-state index >= 15 is 0 Å². The zero-order valence-electron chi connectivity index (χ0n) is 18.1. The van der Waals surface area contributed by atoms with Gasteiger partial charge < -0.3 is 10.4 Å². The number of urea groups is 1. The number of nitrogens with one attached hydrogen (secondary N) is 1. The lowest BCUT2D eigenvalue weighted by Crippen LogP contribution is -2.18. The SMILES string of the molecule is Cc1c(-c2ccccc2)nc2c(c1NC(=O)N=[S@](N)(=O)c1cnc(C(C)(C)O)s1)CCC2. The van der Waals surface area contributed by atoms with Crippen LogP contribution in [0.15, 0.2) is 45.1 Å². The van der Waals surface area contributed by atoms with Crippen molar-refractivity contribution in [3.8, 4) is 11.3 Å². The second-order valence-corrected chi connectivity index (χ2v) is 11.3. The molecule has 1 aromatic carbocycles. The molecule has 4 rings (SSSR count). The zero-order valence-corrected chi connectivity index (χ0v) is 19.7. The fourth-order valence-corrected chi connectivity index (χ4v) is 5.77. The normalized spacial score (nSPS) is 15.2. The molecule has 1 aliphatic carbocycles. The van der Waals surface area contributed by atoms with Crippen molar-refractivity contribution in [2.24, 2.45) is 9.50 Å². The summed E-state index contributed by atoms with van der Waals surface area (Å²) in [6.45, 7) is 5.03. The van der Waals surface area contributed by atoms with Crippen molar-refractivity contribution in [2.75, 3.05) is 5.32 Å². The number of rotatable bonds is 4. The predicted molar refractivity (Wildman–Crippen MR) is 126 cm³/mol. The lowest BCUT2D eigenvalue weighted by atomic mass is 10.0. The molecule has 168 valence electrons. The number of anilines is 1. The molecule has 0 saturated carbocycles. The Hall–Kier alpha value is -2.66. The van der Waals surface area contributed by atoms with Crippen LogP contribution in [0.25, 0.3) is 11.3 Å². The molecular weight excluding hydrogens is 446 g/mol. The second-order valence-electron chi connectivity index (χ2n) is 8.24. The molecule has 32 heavy (non-hydrogen) atoms. The summed E-state index contributed by atoms with van der Waals surface area (Å²) in [7, 11) is -3.52. The van der Waals surface area contributed by atoms with Gasteiger partial charge >= 0.3 is 6.03 Å². The number of benzene rings is 1. The van der Waals surface area contributed by atoms with Crippen LogP contribution in [0.5, 0.6) is 0 Å². The third-order valence-corrected chi connectivity index (χ3v) is 8.45. The average Bonchev–Trinajstić information content (AvgIpc) is 3.40. The molecular formula is C22H25N5O3S2. The standard InChI is InChI=1S/C22H25N5O3S2/c1-13-18(14-8-5-4-6-9-14)25-16-11-7-10-15(16)19(13)26-21(28)27-32(23,30)17-12-24-20(31-17)22(2,3)29/h4-6,8-9,12,29H,7,10-11H2,1-3H3,(H3,23,25,26,27,28,30)/t32-/m0/s1. The first kappa shape index (κ1) is 22.5. The van der Waals surface area contributed by atoms with Gasteiger partial charge in [0.05, 0.1) is 17.6 Å². The van der Waals surface area contributed by atoms with Crippen molar-refractivity contribution in [2.45, 2.75) is 49.8 Å². The maximum absolute atomic E-state index is 13.0. The van der Waals surface area contributed by atoms with Crippen LogP contribution < -0.4 is 10.5 Å². The van der Waals surface area contributed by atoms with Gasteiger partial charge in [-0.2, -0.15) is 0 Å². The first-order valence-electron chi connectivity index (χ1n) is 10.2. The topological polar surface area (TPSA) is 131 Å². The van der Waals surface area contributed by atoms with Gasteiger partial charge in [0.25, 0.3) is 0 Å². The first-order chi connectivity index (χ1) is 15.1. The monoisotopic (exact) mass is 471 g/mol. The minimum absolute atomic E-state index is 0.131. The average molecular weight is 472 g/mol. The van der Waals surface area contributed by atoms with E-state index in [0.717, 1.165) is 58.7 Å². The molecule has 3 aromatic rings. The summed E-state index contributed by atoms with van der Waals surface area (Å²) in [6.07, 6.45) is 3.88. The zero-order chi connectivity index (χ0) is 23.1. The van der Waals surface area contributed by atoms with Crippen molar-refractivity contribution >= 4 is 33.0 Å². The van der Waals surface area contributed by atoms with Crippen LogP contribution in [0, 0.1) is 6.92 Å². The molecule has 0 unspecified atom stereocenters. The Kier molecular flexibility index (Phi) is 5.89. The maximum Gasteiger partial charge on any atom is 0.354 e. The highest BCUT2D eigenvalue weighted by Crippen LogP contribution is 2.36. The number of carbonyl (C=O) groups excluding carboxylic acids is 1. The molecule has 0 radical (unpaired) electrons. The highest BCUT2D eigenvalue weighted by Gasteiger charge is 2.25. The molecule has 0 fully saturated rings. The van der Waals surface area contributed by atoms with Gasteiger partial charge in [0.2, 0.25) is 0 Å². The number of nitrogens with two attached hydrogens (primary N) is 1. The van der Waals surface area contributed by atoms with Gasteiger partial charge in [0, 0.05) is 11.3 Å². The highest BCUT2D eigenvalue weighted by atomic mass is 32.2. The van der Waals surface area contributed by atoms with Gasteiger partial charge in [0.15, 0.2) is 9.92 Å². The fraction of sp³-hybridized carbons (Fsp3) is 0.318. The molecule has 4 N–H and O–H groups in total. The van der Waals surface area contributed by atoms with E-state index in [-0.39, 0.29) is 4.21 Å². The van der Waals surface area contributed by atoms with Crippen LogP contribution in [0.1, 0.15) is 42.1 Å². The molecule has 8 nitrogen and oxygen atoms in total. The van der Waals surface area contributed by atoms with Crippen molar-refractivity contribution in [1.29, 1.82) is 0 Å². The Bertz CT molecular complexity index is 1300. The molecule has 10 heteroatoms. The molecule has 0 spiro atoms. The third kappa shape index (κ3) is 4.44. The molecule has 2 aromatic heterocycles. The highest BCUT2D eigenvalue weighted by molar-refractivity contribution is 7.93. The van der Waals surface area contributed by atoms with Crippen molar-refractivity contribution in [3.05, 3.63) is 58.4 Å². The Balaban J connectivity index is 1.70. The number of pyridine rings is 1. The number of hydrogen-bond acceptors (Lipinski definition) is 6. The van der Waals surface area contributed by atoms with Gasteiger partial charge in [-0.15, -0.1) is 15.7 Å². The summed E-state index contributed by atoms with van der Waals surface area (Å²) < 4.78 is 16.9. The molecule has 2 heterocycles. The number of thiazole rings is 1. The smallest absolute Gasteiger partial charge is 0.354 e. The van der Waals surface area contributed by atoms with Crippen LogP contribution in [-0.4, -0.2) is 25.3 Å². The first-order valence-corrected chi connectivity index (χ1v) is 12.6. The summed E-state index contributed by atoms with van der Waals surface area (Å²) in [5.74, 6) is 0. The number of hydrogen-bond donors (Lipinski definition) is 3. The van der Waals surface area contributed by atoms with E-state index in [1.54, 1.807) is 13.8 Å². The quantitative estimate of drug-likeness (QED) is 0.526. The summed E-state index contributed by atoms with van der Waals surface area (Å²) in [4.78, 5) is 21.7. The van der Waals surface area contributed by atoms with Gasteiger partial charge in [-0.3, -0.25) is 4.98 Å². The number of carbonyl (C=O) groups is 1. The number of aromatic nitrogens is 2. The van der Waals surface area contributed by atoms with E-state index in [1.807, 2.05) is 37.3 Å². The Labute approximate surface area is 191 Å². The predicted octanol–water partition coefficient (Wildman–Crippen LogP) is 4.16. The van der Waals surface area contributed by atoms with Crippen LogP contribution in [0.4, 0.5) is 10.5 Å². The molecule has 2 amide bonds. The number of fused-ring (bicyclic) bond motifs is 1. The van der Waals surface area contributed by atoms with E-state index in [2.05, 4.69) is 14.7 Å². The minimum Gasteiger partial charge on any atom is -0.383 e. The summed E-state index contributed by atoms with van der Waals surface area (Å²) in [5, 5.41) is 19.1. The molecule has 1 aliphatic rings. The van der Waals surface area contributed by atoms with Crippen LogP contribution >= 0.6 is 11.3 Å². The molecule has 0 aliphatic heterocycles. The number of aliphatic hydroxyl groups is 1. The van der Waals surface area contributed by atoms with Gasteiger partial charge in [-0.25, -0.2) is 19.1 Å². The van der Waals surface area contributed by atoms with E-state index in [0.29, 0.717) is 10.7 Å². The lowest BCUT2D eigenvalue weighted by Gasteiger charge is -2.16. The second kappa shape index (κ2) is 8.36. The van der Waals surface area contributed by atoms with E-state index in [4.69, 9.17) is 10.1 Å². The summed E-state index contributed by atoms with van der Waals surface area (Å²) in [5.41, 5.74) is 3.96. The number of aryl methyl sites for hydroxylation is 1. The van der Waals surface area contributed by atoms with Gasteiger partial charge in [-0.1, -0.05) is 30.3 Å². The van der Waals surface area contributed by atoms with Crippen molar-refractivity contribution in [1.82, 2.24) is 9.97 Å². The fourth-order valence-electron chi connectivity index (χ4n) is 3.71. The van der Waals surface area contributed by atoms with Gasteiger partial charge in [-0.05, 0) is 51.2 Å². The van der Waals surface area contributed by atoms with Crippen LogP contribution in [0.3, 0.4) is 0 Å². The van der Waals surface area contributed by atoms with Crippen LogP contribution in [0.2, 0.25) is 0 Å². The third-order valence-electron chi connectivity index (χ3n) is 5.26. The Morgan fingerprint density at radius 1 is 1.28 bits per heavy atom. The summed E-state index contributed by atoms with van der Waals surface area (Å²) >= 11 is 0.973. The van der Waals surface area contributed by atoms with E-state index in [1.165, 1.54) is 6.20 Å². The Morgan fingerprint density at radius 2 is 2.00 bits per heavy atom. The molecule has 1 atom stereocenters. The number of amides is 2. The van der Waals surface area contributed by atoms with E-state index < -0.39 is 21.5 Å². The number of nitrogens with zero attached hydrogens (tertiary/aromatic N) is 3. The maximum atomic E-state index is 13.0. The van der Waals surface area contributed by atoms with Crippen LogP contribution in [-0.2, 0) is 28.4 Å². The Morgan fingerprint density at radius 3 is 2.66 bits per heavy atom. The lowest BCUT2D eigenvalue weighted by molar-refractivity contribution is 0.0783. The summed E-state index contributed by atoms with van der Waals surface area (Å²) in [6, 6.07) is 8.98. The van der Waals surface area contributed by atoms with Crippen molar-refractivity contribution in [3.63, 3.8) is 0 Å². The minimum atomic E-state index is -3.52. The molecule has 0 saturated heterocycles. The van der Waals surface area contributed by atoms with E-state index in [9.17, 15) is 14.1 Å². The van der Waals surface area contributed by atoms with Crippen molar-refractivity contribution < 1.29 is 14.1 Å². The largest absolute Gasteiger partial charge is 0.383 e. The van der Waals surface area contributed by atoms with Gasteiger partial charge in [0.1, 0.15) is 14.8 Å².